The maximum Gasteiger partial charge on any atom is 0.263 e. The van der Waals surface area contributed by atoms with Crippen molar-refractivity contribution in [3.8, 4) is 40.1 Å². The zero-order valence-electron chi connectivity index (χ0n) is 17.1. The summed E-state index contributed by atoms with van der Waals surface area (Å²) in [5, 5.41) is 4.66. The van der Waals surface area contributed by atoms with E-state index in [0.29, 0.717) is 46.1 Å². The van der Waals surface area contributed by atoms with Gasteiger partial charge in [-0.05, 0) is 31.2 Å². The van der Waals surface area contributed by atoms with Crippen LogP contribution in [0.15, 0.2) is 51.9 Å². The molecule has 0 aliphatic carbocycles. The highest BCUT2D eigenvalue weighted by Gasteiger charge is 2.20. The van der Waals surface area contributed by atoms with E-state index in [2.05, 4.69) is 10.1 Å². The number of fused-ring (bicyclic) bond motifs is 1. The average molecular weight is 407 g/mol. The molecule has 0 atom stereocenters. The number of nitrogens with zero attached hydrogens (tertiary/aromatic N) is 3. The van der Waals surface area contributed by atoms with Crippen LogP contribution in [0.5, 0.6) is 17.2 Å². The summed E-state index contributed by atoms with van der Waals surface area (Å²) in [5.74, 6) is 1.86. The Morgan fingerprint density at radius 1 is 1.03 bits per heavy atom. The van der Waals surface area contributed by atoms with Crippen molar-refractivity contribution in [3.63, 3.8) is 0 Å². The molecule has 0 spiro atoms. The monoisotopic (exact) mass is 407 g/mol. The summed E-state index contributed by atoms with van der Waals surface area (Å²) in [6, 6.07) is 10.9. The number of pyridine rings is 1. The van der Waals surface area contributed by atoms with Gasteiger partial charge in [0.1, 0.15) is 5.56 Å². The first-order valence-electron chi connectivity index (χ1n) is 9.37. The molecule has 0 saturated heterocycles. The number of aryl methyl sites for hydroxylation is 1. The predicted molar refractivity (Wildman–Crippen MR) is 112 cm³/mol. The Hall–Kier alpha value is -3.81. The van der Waals surface area contributed by atoms with E-state index in [1.54, 1.807) is 24.4 Å². The van der Waals surface area contributed by atoms with Crippen molar-refractivity contribution in [2.75, 3.05) is 21.3 Å². The molecule has 0 saturated carbocycles. The van der Waals surface area contributed by atoms with Crippen LogP contribution in [0.4, 0.5) is 0 Å². The zero-order valence-corrected chi connectivity index (χ0v) is 17.1. The van der Waals surface area contributed by atoms with E-state index in [0.717, 1.165) is 5.52 Å². The number of para-hydroxylation sites is 1. The summed E-state index contributed by atoms with van der Waals surface area (Å²) < 4.78 is 23.6. The highest BCUT2D eigenvalue weighted by atomic mass is 16.5. The normalized spacial score (nSPS) is 10.9. The standard InChI is InChI=1S/C22H21N3O5/c1-5-25-12-15(19(26)14-8-6-7-9-16(14)25)22-23-21(24-30-22)13-10-17(27-2)20(29-4)18(11-13)28-3/h6-12H,5H2,1-4H3. The van der Waals surface area contributed by atoms with Crippen LogP contribution in [-0.2, 0) is 6.54 Å². The Balaban J connectivity index is 1.85. The van der Waals surface area contributed by atoms with E-state index in [1.165, 1.54) is 21.3 Å². The van der Waals surface area contributed by atoms with Crippen LogP contribution in [0.2, 0.25) is 0 Å². The zero-order chi connectivity index (χ0) is 21.3. The number of benzene rings is 2. The highest BCUT2D eigenvalue weighted by Crippen LogP contribution is 2.40. The molecule has 30 heavy (non-hydrogen) atoms. The van der Waals surface area contributed by atoms with E-state index >= 15 is 0 Å². The van der Waals surface area contributed by atoms with Crippen LogP contribution < -0.4 is 19.6 Å². The van der Waals surface area contributed by atoms with E-state index in [1.807, 2.05) is 29.7 Å². The first-order valence-corrected chi connectivity index (χ1v) is 9.37. The van der Waals surface area contributed by atoms with Crippen molar-refractivity contribution in [1.82, 2.24) is 14.7 Å². The van der Waals surface area contributed by atoms with E-state index in [4.69, 9.17) is 18.7 Å². The van der Waals surface area contributed by atoms with E-state index < -0.39 is 0 Å². The van der Waals surface area contributed by atoms with Gasteiger partial charge in [-0.25, -0.2) is 0 Å². The summed E-state index contributed by atoms with van der Waals surface area (Å²) in [6.07, 6.45) is 1.75. The van der Waals surface area contributed by atoms with E-state index in [9.17, 15) is 4.79 Å². The van der Waals surface area contributed by atoms with Crippen molar-refractivity contribution in [1.29, 1.82) is 0 Å². The minimum atomic E-state index is -0.157. The maximum atomic E-state index is 13.0. The Labute approximate surface area is 172 Å². The van der Waals surface area contributed by atoms with Crippen molar-refractivity contribution in [2.24, 2.45) is 0 Å². The Morgan fingerprint density at radius 3 is 2.37 bits per heavy atom. The van der Waals surface area contributed by atoms with Crippen LogP contribution in [0.1, 0.15) is 6.92 Å². The molecule has 0 radical (unpaired) electrons. The van der Waals surface area contributed by atoms with Gasteiger partial charge in [0.25, 0.3) is 5.89 Å². The molecule has 0 unspecified atom stereocenters. The Morgan fingerprint density at radius 2 is 1.73 bits per heavy atom. The number of methoxy groups -OCH3 is 3. The van der Waals surface area contributed by atoms with Gasteiger partial charge in [0.05, 0.1) is 26.8 Å². The van der Waals surface area contributed by atoms with Gasteiger partial charge in [-0.15, -0.1) is 0 Å². The lowest BCUT2D eigenvalue weighted by Crippen LogP contribution is -2.11. The summed E-state index contributed by atoms with van der Waals surface area (Å²) in [7, 11) is 4.60. The molecular weight excluding hydrogens is 386 g/mol. The number of rotatable bonds is 6. The van der Waals surface area contributed by atoms with Crippen molar-refractivity contribution in [2.45, 2.75) is 13.5 Å². The van der Waals surface area contributed by atoms with Gasteiger partial charge in [0.2, 0.25) is 17.0 Å². The maximum absolute atomic E-state index is 13.0. The fourth-order valence-corrected chi connectivity index (χ4v) is 3.42. The van der Waals surface area contributed by atoms with Gasteiger partial charge < -0.3 is 23.3 Å². The van der Waals surface area contributed by atoms with Crippen LogP contribution in [0.25, 0.3) is 33.7 Å². The molecule has 8 nitrogen and oxygen atoms in total. The third-order valence-electron chi connectivity index (χ3n) is 4.91. The molecule has 0 aliphatic heterocycles. The second kappa shape index (κ2) is 7.90. The highest BCUT2D eigenvalue weighted by molar-refractivity contribution is 5.83. The molecule has 4 rings (SSSR count). The largest absolute Gasteiger partial charge is 0.493 e. The summed E-state index contributed by atoms with van der Waals surface area (Å²) in [4.78, 5) is 17.5. The molecule has 8 heteroatoms. The molecule has 0 fully saturated rings. The summed E-state index contributed by atoms with van der Waals surface area (Å²) >= 11 is 0. The molecule has 4 aromatic rings. The predicted octanol–water partition coefficient (Wildman–Crippen LogP) is 3.76. The first kappa shape index (κ1) is 19.5. The van der Waals surface area contributed by atoms with Crippen molar-refractivity contribution < 1.29 is 18.7 Å². The third kappa shape index (κ3) is 3.16. The molecule has 0 amide bonds. The molecular formula is C22H21N3O5. The fraction of sp³-hybridized carbons (Fsp3) is 0.227. The van der Waals surface area contributed by atoms with Crippen LogP contribution >= 0.6 is 0 Å². The Bertz CT molecular complexity index is 1250. The first-order chi connectivity index (χ1) is 14.6. The lowest BCUT2D eigenvalue weighted by Gasteiger charge is -2.12. The number of hydrogen-bond acceptors (Lipinski definition) is 7. The molecule has 0 bridgehead atoms. The van der Waals surface area contributed by atoms with Crippen LogP contribution in [-0.4, -0.2) is 36.0 Å². The van der Waals surface area contributed by atoms with Crippen molar-refractivity contribution >= 4 is 10.9 Å². The molecule has 0 aliphatic rings. The van der Waals surface area contributed by atoms with Gasteiger partial charge >= 0.3 is 0 Å². The van der Waals surface area contributed by atoms with Gasteiger partial charge in [-0.1, -0.05) is 17.3 Å². The topological polar surface area (TPSA) is 88.6 Å². The van der Waals surface area contributed by atoms with E-state index in [-0.39, 0.29) is 11.3 Å². The third-order valence-corrected chi connectivity index (χ3v) is 4.91. The lowest BCUT2D eigenvalue weighted by atomic mass is 10.1. The second-order valence-electron chi connectivity index (χ2n) is 6.51. The van der Waals surface area contributed by atoms with Crippen LogP contribution in [0.3, 0.4) is 0 Å². The minimum Gasteiger partial charge on any atom is -0.493 e. The number of aromatic nitrogens is 3. The lowest BCUT2D eigenvalue weighted by molar-refractivity contribution is 0.324. The molecule has 0 N–H and O–H groups in total. The fourth-order valence-electron chi connectivity index (χ4n) is 3.42. The molecule has 154 valence electrons. The average Bonchev–Trinajstić information content (AvgIpc) is 3.28. The minimum absolute atomic E-state index is 0.150. The quantitative estimate of drug-likeness (QED) is 0.481. The smallest absolute Gasteiger partial charge is 0.263 e. The van der Waals surface area contributed by atoms with Gasteiger partial charge in [0.15, 0.2) is 11.5 Å². The second-order valence-corrected chi connectivity index (χ2v) is 6.51. The molecule has 2 aromatic heterocycles. The summed E-state index contributed by atoms with van der Waals surface area (Å²) in [6.45, 7) is 2.71. The van der Waals surface area contributed by atoms with Crippen LogP contribution in [0, 0.1) is 0 Å². The Kier molecular flexibility index (Phi) is 5.14. The van der Waals surface area contributed by atoms with Gasteiger partial charge in [-0.2, -0.15) is 4.98 Å². The number of hydrogen-bond donors (Lipinski definition) is 0. The SMILES string of the molecule is CCn1cc(-c2nc(-c3cc(OC)c(OC)c(OC)c3)no2)c(=O)c2ccccc21. The van der Waals surface area contributed by atoms with Crippen molar-refractivity contribution in [3.05, 3.63) is 52.8 Å². The molecule has 2 heterocycles. The van der Waals surface area contributed by atoms with Gasteiger partial charge in [-0.3, -0.25) is 4.79 Å². The van der Waals surface area contributed by atoms with Gasteiger partial charge in [0, 0.05) is 23.7 Å². The number of ether oxygens (including phenoxy) is 3. The summed E-state index contributed by atoms with van der Waals surface area (Å²) in [5.41, 5.74) is 1.66. The molecule has 2 aromatic carbocycles.